The lowest BCUT2D eigenvalue weighted by Crippen LogP contribution is -2.35. The van der Waals surface area contributed by atoms with E-state index in [9.17, 15) is 9.90 Å². The number of ether oxygens (including phenoxy) is 2. The second-order valence-corrected chi connectivity index (χ2v) is 3.69. The first-order chi connectivity index (χ1) is 7.08. The summed E-state index contributed by atoms with van der Waals surface area (Å²) in [6.45, 7) is 6.27. The second-order valence-electron chi connectivity index (χ2n) is 3.69. The fourth-order valence-electron chi connectivity index (χ4n) is 1.55. The van der Waals surface area contributed by atoms with Gasteiger partial charge in [0.25, 0.3) is 0 Å². The van der Waals surface area contributed by atoms with Crippen LogP contribution in [0.15, 0.2) is 0 Å². The van der Waals surface area contributed by atoms with Crippen molar-refractivity contribution in [2.24, 2.45) is 11.8 Å². The van der Waals surface area contributed by atoms with Crippen LogP contribution in [-0.4, -0.2) is 37.5 Å². The van der Waals surface area contributed by atoms with Crippen molar-refractivity contribution in [3.05, 3.63) is 0 Å². The van der Waals surface area contributed by atoms with Crippen LogP contribution < -0.4 is 0 Å². The minimum atomic E-state index is -0.700. The standard InChI is InChI=1S/C11H22O4/c1-5-9(11(13)15-6-2)10(12)8(3)7-14-4/h8-10,12H,5-7H2,1-4H3. The molecule has 0 fully saturated rings. The maximum absolute atomic E-state index is 11.5. The molecule has 0 aromatic rings. The number of rotatable bonds is 7. The molecule has 0 aliphatic carbocycles. The summed E-state index contributed by atoms with van der Waals surface area (Å²) in [5.74, 6) is -0.838. The number of hydrogen-bond donors (Lipinski definition) is 1. The van der Waals surface area contributed by atoms with Crippen molar-refractivity contribution in [3.63, 3.8) is 0 Å². The zero-order valence-electron chi connectivity index (χ0n) is 10.0. The van der Waals surface area contributed by atoms with E-state index < -0.39 is 12.0 Å². The minimum Gasteiger partial charge on any atom is -0.466 e. The predicted octanol–water partition coefficient (Wildman–Crippen LogP) is 1.22. The minimum absolute atomic E-state index is 0.0654. The molecule has 0 heterocycles. The van der Waals surface area contributed by atoms with Crippen molar-refractivity contribution in [2.75, 3.05) is 20.3 Å². The molecule has 4 nitrogen and oxygen atoms in total. The first-order valence-electron chi connectivity index (χ1n) is 5.42. The second kappa shape index (κ2) is 7.65. The van der Waals surface area contributed by atoms with Crippen LogP contribution in [0, 0.1) is 11.8 Å². The van der Waals surface area contributed by atoms with E-state index in [2.05, 4.69) is 0 Å². The largest absolute Gasteiger partial charge is 0.466 e. The molecule has 4 heteroatoms. The molecule has 1 N–H and O–H groups in total. The average molecular weight is 218 g/mol. The Bertz CT molecular complexity index is 181. The molecule has 90 valence electrons. The van der Waals surface area contributed by atoms with Crippen molar-refractivity contribution < 1.29 is 19.4 Å². The van der Waals surface area contributed by atoms with Crippen molar-refractivity contribution in [1.29, 1.82) is 0 Å². The average Bonchev–Trinajstić information content (AvgIpc) is 2.19. The molecule has 0 aliphatic rings. The van der Waals surface area contributed by atoms with Crippen LogP contribution in [0.2, 0.25) is 0 Å². The lowest BCUT2D eigenvalue weighted by atomic mass is 9.90. The molecule has 0 aromatic heterocycles. The van der Waals surface area contributed by atoms with Crippen LogP contribution in [-0.2, 0) is 14.3 Å². The first-order valence-corrected chi connectivity index (χ1v) is 5.42. The van der Waals surface area contributed by atoms with Crippen LogP contribution in [0.4, 0.5) is 0 Å². The topological polar surface area (TPSA) is 55.8 Å². The Balaban J connectivity index is 4.31. The third kappa shape index (κ3) is 4.62. The van der Waals surface area contributed by atoms with Gasteiger partial charge >= 0.3 is 5.97 Å². The molecule has 0 rings (SSSR count). The Hall–Kier alpha value is -0.610. The number of carbonyl (C=O) groups excluding carboxylic acids is 1. The summed E-state index contributed by atoms with van der Waals surface area (Å²) in [5, 5.41) is 9.92. The van der Waals surface area contributed by atoms with Crippen molar-refractivity contribution in [3.8, 4) is 0 Å². The number of aliphatic hydroxyl groups is 1. The maximum Gasteiger partial charge on any atom is 0.311 e. The lowest BCUT2D eigenvalue weighted by molar-refractivity contribution is -0.154. The maximum atomic E-state index is 11.5. The van der Waals surface area contributed by atoms with E-state index in [0.29, 0.717) is 19.6 Å². The number of methoxy groups -OCH3 is 1. The van der Waals surface area contributed by atoms with Gasteiger partial charge in [-0.2, -0.15) is 0 Å². The fraction of sp³-hybridized carbons (Fsp3) is 0.909. The van der Waals surface area contributed by atoms with Gasteiger partial charge in [-0.3, -0.25) is 4.79 Å². The summed E-state index contributed by atoms with van der Waals surface area (Å²) in [6, 6.07) is 0. The molecule has 0 spiro atoms. The van der Waals surface area contributed by atoms with E-state index >= 15 is 0 Å². The zero-order chi connectivity index (χ0) is 11.8. The number of esters is 1. The van der Waals surface area contributed by atoms with Crippen LogP contribution in [0.5, 0.6) is 0 Å². The predicted molar refractivity (Wildman–Crippen MR) is 57.5 cm³/mol. The Labute approximate surface area is 91.6 Å². The molecule has 0 amide bonds. The number of hydrogen-bond acceptors (Lipinski definition) is 4. The van der Waals surface area contributed by atoms with E-state index in [-0.39, 0.29) is 11.9 Å². The molecular formula is C11H22O4. The molecule has 0 aromatic carbocycles. The van der Waals surface area contributed by atoms with Crippen LogP contribution in [0.1, 0.15) is 27.2 Å². The van der Waals surface area contributed by atoms with Crippen molar-refractivity contribution in [1.82, 2.24) is 0 Å². The summed E-state index contributed by atoms with van der Waals surface area (Å²) >= 11 is 0. The van der Waals surface area contributed by atoms with Crippen LogP contribution >= 0.6 is 0 Å². The van der Waals surface area contributed by atoms with Gasteiger partial charge in [0, 0.05) is 13.0 Å². The molecule has 0 saturated carbocycles. The van der Waals surface area contributed by atoms with Gasteiger partial charge in [-0.05, 0) is 13.3 Å². The summed E-state index contributed by atoms with van der Waals surface area (Å²) in [6.07, 6.45) is -0.123. The van der Waals surface area contributed by atoms with Crippen LogP contribution in [0.3, 0.4) is 0 Å². The monoisotopic (exact) mass is 218 g/mol. The van der Waals surface area contributed by atoms with Crippen molar-refractivity contribution >= 4 is 5.97 Å². The SMILES string of the molecule is CCOC(=O)C(CC)C(O)C(C)COC. The molecule has 0 radical (unpaired) electrons. The molecule has 0 aliphatic heterocycles. The van der Waals surface area contributed by atoms with Crippen LogP contribution in [0.25, 0.3) is 0 Å². The number of carbonyl (C=O) groups is 1. The highest BCUT2D eigenvalue weighted by Gasteiger charge is 2.30. The van der Waals surface area contributed by atoms with Gasteiger partial charge in [-0.25, -0.2) is 0 Å². The molecule has 15 heavy (non-hydrogen) atoms. The third-order valence-corrected chi connectivity index (χ3v) is 2.45. The fourth-order valence-corrected chi connectivity index (χ4v) is 1.55. The quantitative estimate of drug-likeness (QED) is 0.653. The molecule has 3 atom stereocenters. The van der Waals surface area contributed by atoms with E-state index in [4.69, 9.17) is 9.47 Å². The molecule has 0 saturated heterocycles. The first kappa shape index (κ1) is 14.4. The van der Waals surface area contributed by atoms with E-state index in [1.165, 1.54) is 0 Å². The van der Waals surface area contributed by atoms with E-state index in [1.54, 1.807) is 14.0 Å². The van der Waals surface area contributed by atoms with Gasteiger partial charge in [0.1, 0.15) is 0 Å². The third-order valence-electron chi connectivity index (χ3n) is 2.45. The van der Waals surface area contributed by atoms with Gasteiger partial charge in [0.2, 0.25) is 0 Å². The molecular weight excluding hydrogens is 196 g/mol. The van der Waals surface area contributed by atoms with Gasteiger partial charge in [0.05, 0.1) is 25.2 Å². The van der Waals surface area contributed by atoms with Gasteiger partial charge in [-0.1, -0.05) is 13.8 Å². The molecule has 0 bridgehead atoms. The zero-order valence-corrected chi connectivity index (χ0v) is 10.0. The Morgan fingerprint density at radius 2 is 2.00 bits per heavy atom. The Morgan fingerprint density at radius 3 is 2.40 bits per heavy atom. The Morgan fingerprint density at radius 1 is 1.40 bits per heavy atom. The smallest absolute Gasteiger partial charge is 0.311 e. The van der Waals surface area contributed by atoms with Gasteiger partial charge in [0.15, 0.2) is 0 Å². The highest BCUT2D eigenvalue weighted by molar-refractivity contribution is 5.73. The lowest BCUT2D eigenvalue weighted by Gasteiger charge is -2.24. The Kier molecular flexibility index (Phi) is 7.34. The highest BCUT2D eigenvalue weighted by atomic mass is 16.5. The van der Waals surface area contributed by atoms with Gasteiger partial charge < -0.3 is 14.6 Å². The summed E-state index contributed by atoms with van der Waals surface area (Å²) in [5.41, 5.74) is 0. The normalized spacial score (nSPS) is 16.9. The molecule has 3 unspecified atom stereocenters. The highest BCUT2D eigenvalue weighted by Crippen LogP contribution is 2.18. The van der Waals surface area contributed by atoms with E-state index in [1.807, 2.05) is 13.8 Å². The van der Waals surface area contributed by atoms with E-state index in [0.717, 1.165) is 0 Å². The van der Waals surface area contributed by atoms with Crippen molar-refractivity contribution in [2.45, 2.75) is 33.3 Å². The summed E-state index contributed by atoms with van der Waals surface area (Å²) < 4.78 is 9.85. The van der Waals surface area contributed by atoms with Gasteiger partial charge in [-0.15, -0.1) is 0 Å². The summed E-state index contributed by atoms with van der Waals surface area (Å²) in [7, 11) is 1.58. The number of aliphatic hydroxyl groups excluding tert-OH is 1. The summed E-state index contributed by atoms with van der Waals surface area (Å²) in [4.78, 5) is 11.5.